The van der Waals surface area contributed by atoms with Crippen LogP contribution in [0.5, 0.6) is 0 Å². The second-order valence-corrected chi connectivity index (χ2v) is 18.7. The molecule has 0 aromatic heterocycles. The summed E-state index contributed by atoms with van der Waals surface area (Å²) in [5, 5.41) is 0. The van der Waals surface area contributed by atoms with Crippen molar-refractivity contribution in [2.24, 2.45) is 71.0 Å². The molecule has 6 fully saturated rings. The van der Waals surface area contributed by atoms with Gasteiger partial charge in [-0.15, -0.1) is 0 Å². The predicted molar refractivity (Wildman–Crippen MR) is 202 cm³/mol. The van der Waals surface area contributed by atoms with Crippen molar-refractivity contribution in [3.8, 4) is 0 Å². The van der Waals surface area contributed by atoms with Gasteiger partial charge in [0.05, 0.1) is 0 Å². The van der Waals surface area contributed by atoms with E-state index < -0.39 is 12.2 Å². The summed E-state index contributed by atoms with van der Waals surface area (Å²) in [6.07, 6.45) is 31.4. The SMILES string of the molecule is O=C1CCC(C2CCC(/C=C/C3CCC(C=C(F)F)CC3C3CC(CCC=C(F)F)CCC3CCC3CCC(C4CCC(=O)CC4)CC3)CC2)CC1. The van der Waals surface area contributed by atoms with E-state index in [1.807, 2.05) is 0 Å². The van der Waals surface area contributed by atoms with Crippen LogP contribution < -0.4 is 0 Å². The number of Topliss-reactive ketones (excluding diaryl/α,β-unsaturated/α-hetero) is 2. The first kappa shape index (κ1) is 40.0. The summed E-state index contributed by atoms with van der Waals surface area (Å²) in [5.74, 6) is 7.43. The number of carbonyl (C=O) groups excluding carboxylic acids is 2. The third-order valence-electron chi connectivity index (χ3n) is 15.7. The minimum atomic E-state index is -1.58. The van der Waals surface area contributed by atoms with Crippen LogP contribution in [0, 0.1) is 71.0 Å². The van der Waals surface area contributed by atoms with Crippen LogP contribution in [0.15, 0.2) is 36.5 Å². The molecule has 2 nitrogen and oxygen atoms in total. The molecule has 0 aromatic carbocycles. The quantitative estimate of drug-likeness (QED) is 0.148. The lowest BCUT2D eigenvalue weighted by Crippen LogP contribution is -2.37. The third kappa shape index (κ3) is 11.6. The van der Waals surface area contributed by atoms with Gasteiger partial charge in [0, 0.05) is 25.7 Å². The predicted octanol–water partition coefficient (Wildman–Crippen LogP) is 13.9. The molecule has 0 N–H and O–H groups in total. The largest absolute Gasteiger partial charge is 0.300 e. The topological polar surface area (TPSA) is 34.1 Å². The lowest BCUT2D eigenvalue weighted by atomic mass is 9.58. The monoisotopic (exact) mass is 729 g/mol. The lowest BCUT2D eigenvalue weighted by Gasteiger charge is -2.47. The van der Waals surface area contributed by atoms with E-state index in [2.05, 4.69) is 12.2 Å². The summed E-state index contributed by atoms with van der Waals surface area (Å²) >= 11 is 0. The number of carbonyl (C=O) groups is 2. The number of hydrogen-bond donors (Lipinski definition) is 0. The van der Waals surface area contributed by atoms with Gasteiger partial charge in [-0.05, 0) is 199 Å². The minimum absolute atomic E-state index is 0.0765. The summed E-state index contributed by atoms with van der Waals surface area (Å²) in [7, 11) is 0. The molecule has 6 heteroatoms. The highest BCUT2D eigenvalue weighted by atomic mass is 19.3. The zero-order valence-electron chi connectivity index (χ0n) is 32.0. The van der Waals surface area contributed by atoms with Crippen LogP contribution in [0.3, 0.4) is 0 Å². The first-order valence-electron chi connectivity index (χ1n) is 22.0. The van der Waals surface area contributed by atoms with Crippen molar-refractivity contribution in [1.29, 1.82) is 0 Å². The van der Waals surface area contributed by atoms with Crippen molar-refractivity contribution in [3.63, 3.8) is 0 Å². The van der Waals surface area contributed by atoms with E-state index in [1.165, 1.54) is 70.3 Å². The molecule has 0 saturated heterocycles. The van der Waals surface area contributed by atoms with Crippen molar-refractivity contribution in [1.82, 2.24) is 0 Å². The Morgan fingerprint density at radius 3 is 1.65 bits per heavy atom. The fourth-order valence-electron chi connectivity index (χ4n) is 12.6. The molecule has 0 amide bonds. The van der Waals surface area contributed by atoms with E-state index in [4.69, 9.17) is 0 Å². The Morgan fingerprint density at radius 1 is 0.500 bits per heavy atom. The Kier molecular flexibility index (Phi) is 15.2. The van der Waals surface area contributed by atoms with Gasteiger partial charge >= 0.3 is 0 Å². The van der Waals surface area contributed by atoms with Gasteiger partial charge in [-0.2, -0.15) is 17.6 Å². The van der Waals surface area contributed by atoms with Gasteiger partial charge in [0.25, 0.3) is 12.2 Å². The van der Waals surface area contributed by atoms with Crippen molar-refractivity contribution < 1.29 is 27.2 Å². The van der Waals surface area contributed by atoms with Gasteiger partial charge in [0.15, 0.2) is 0 Å². The molecule has 6 atom stereocenters. The average molecular weight is 729 g/mol. The number of halogens is 4. The Labute approximate surface area is 312 Å². The smallest absolute Gasteiger partial charge is 0.266 e. The van der Waals surface area contributed by atoms with E-state index in [9.17, 15) is 27.2 Å². The molecular weight excluding hydrogens is 660 g/mol. The molecule has 6 aliphatic carbocycles. The highest BCUT2D eigenvalue weighted by Crippen LogP contribution is 2.51. The van der Waals surface area contributed by atoms with Crippen molar-refractivity contribution in [2.75, 3.05) is 0 Å². The molecule has 52 heavy (non-hydrogen) atoms. The Balaban J connectivity index is 1.10. The van der Waals surface area contributed by atoms with Crippen LogP contribution in [0.1, 0.15) is 167 Å². The van der Waals surface area contributed by atoms with Crippen molar-refractivity contribution in [2.45, 2.75) is 167 Å². The second kappa shape index (κ2) is 19.7. The molecular formula is C46H68F4O2. The van der Waals surface area contributed by atoms with Crippen LogP contribution >= 0.6 is 0 Å². The summed E-state index contributed by atoms with van der Waals surface area (Å²) < 4.78 is 53.2. The number of hydrogen-bond acceptors (Lipinski definition) is 2. The molecule has 0 heterocycles. The van der Waals surface area contributed by atoms with Gasteiger partial charge in [-0.1, -0.05) is 37.8 Å². The molecule has 6 saturated carbocycles. The van der Waals surface area contributed by atoms with Gasteiger partial charge in [0.1, 0.15) is 11.6 Å². The normalized spacial score (nSPS) is 37.2. The highest BCUT2D eigenvalue weighted by molar-refractivity contribution is 5.79. The summed E-state index contributed by atoms with van der Waals surface area (Å²) in [6.45, 7) is 0. The average Bonchev–Trinajstić information content (AvgIpc) is 3.14. The van der Waals surface area contributed by atoms with Gasteiger partial charge in [-0.25, -0.2) is 0 Å². The molecule has 0 aromatic rings. The maximum Gasteiger partial charge on any atom is 0.266 e. The zero-order valence-corrected chi connectivity index (χ0v) is 32.0. The van der Waals surface area contributed by atoms with E-state index in [1.54, 1.807) is 0 Å². The molecule has 0 bridgehead atoms. The molecule has 6 rings (SSSR count). The van der Waals surface area contributed by atoms with Crippen LogP contribution in [-0.2, 0) is 9.59 Å². The molecule has 0 radical (unpaired) electrons. The van der Waals surface area contributed by atoms with Crippen LogP contribution in [0.2, 0.25) is 0 Å². The summed E-state index contributed by atoms with van der Waals surface area (Å²) in [5.41, 5.74) is 0. The van der Waals surface area contributed by atoms with E-state index in [0.717, 1.165) is 132 Å². The lowest BCUT2D eigenvalue weighted by molar-refractivity contribution is -0.122. The van der Waals surface area contributed by atoms with Gasteiger partial charge in [0.2, 0.25) is 0 Å². The Bertz CT molecular complexity index is 1210. The van der Waals surface area contributed by atoms with Crippen molar-refractivity contribution in [3.05, 3.63) is 36.5 Å². The Morgan fingerprint density at radius 2 is 1.06 bits per heavy atom. The van der Waals surface area contributed by atoms with Crippen LogP contribution in [-0.4, -0.2) is 11.6 Å². The fraction of sp³-hybridized carbons (Fsp3) is 0.826. The van der Waals surface area contributed by atoms with E-state index >= 15 is 0 Å². The maximum atomic E-state index is 13.6. The Hall–Kier alpha value is -1.72. The molecule has 292 valence electrons. The summed E-state index contributed by atoms with van der Waals surface area (Å²) in [4.78, 5) is 23.6. The highest BCUT2D eigenvalue weighted by Gasteiger charge is 2.41. The van der Waals surface area contributed by atoms with E-state index in [-0.39, 0.29) is 5.92 Å². The first-order valence-corrected chi connectivity index (χ1v) is 22.0. The zero-order chi connectivity index (χ0) is 36.5. The second-order valence-electron chi connectivity index (χ2n) is 18.7. The number of rotatable bonds is 12. The van der Waals surface area contributed by atoms with Crippen molar-refractivity contribution >= 4 is 11.6 Å². The van der Waals surface area contributed by atoms with Crippen LogP contribution in [0.25, 0.3) is 0 Å². The first-order chi connectivity index (χ1) is 25.2. The third-order valence-corrected chi connectivity index (χ3v) is 15.7. The molecule has 6 unspecified atom stereocenters. The van der Waals surface area contributed by atoms with E-state index in [0.29, 0.717) is 53.5 Å². The minimum Gasteiger partial charge on any atom is -0.300 e. The standard InChI is InChI=1S/C46H68F4O2/c47-45(48)3-1-2-33-10-18-39(16-8-31-4-12-35(13-5-31)37-20-24-41(51)25-21-37)43(28-33)44-29-34(30-46(49)50)11-19-40(44)17-9-32-6-14-36(15-7-32)38-22-26-42(52)27-23-38/h3,9,17,30-40,43-44H,1-2,4-8,10-16,18-29H2/b17-9+. The molecule has 0 aliphatic heterocycles. The maximum absolute atomic E-state index is 13.6. The molecule has 0 spiro atoms. The van der Waals surface area contributed by atoms with Crippen LogP contribution in [0.4, 0.5) is 17.6 Å². The van der Waals surface area contributed by atoms with Gasteiger partial charge < -0.3 is 0 Å². The number of ketones is 2. The number of allylic oxidation sites excluding steroid dienone is 4. The fourth-order valence-corrected chi connectivity index (χ4v) is 12.6. The molecule has 6 aliphatic rings. The van der Waals surface area contributed by atoms with Gasteiger partial charge in [-0.3, -0.25) is 9.59 Å². The summed E-state index contributed by atoms with van der Waals surface area (Å²) in [6, 6.07) is 0.